The van der Waals surface area contributed by atoms with Gasteiger partial charge in [-0.2, -0.15) is 0 Å². The van der Waals surface area contributed by atoms with E-state index in [4.69, 9.17) is 15.6 Å². The predicted molar refractivity (Wildman–Crippen MR) is 81.4 cm³/mol. The molecule has 0 saturated carbocycles. The first-order valence-corrected chi connectivity index (χ1v) is 7.29. The normalized spacial score (nSPS) is 10.3. The van der Waals surface area contributed by atoms with Crippen molar-refractivity contribution < 1.29 is 14.6 Å². The maximum atomic E-state index is 10.5. The van der Waals surface area contributed by atoms with Crippen LogP contribution in [-0.4, -0.2) is 33.4 Å². The number of carboxylic acid groups (broad SMARTS) is 1. The second-order valence-corrected chi connectivity index (χ2v) is 5.03. The van der Waals surface area contributed by atoms with E-state index in [9.17, 15) is 4.79 Å². The molecule has 0 saturated heterocycles. The van der Waals surface area contributed by atoms with Crippen LogP contribution in [0.1, 0.15) is 6.92 Å². The van der Waals surface area contributed by atoms with E-state index in [2.05, 4.69) is 9.97 Å². The second kappa shape index (κ2) is 6.94. The van der Waals surface area contributed by atoms with Crippen LogP contribution in [0.5, 0.6) is 5.75 Å². The van der Waals surface area contributed by atoms with Crippen molar-refractivity contribution in [1.29, 1.82) is 0 Å². The summed E-state index contributed by atoms with van der Waals surface area (Å²) < 4.78 is 5.38. The van der Waals surface area contributed by atoms with Crippen LogP contribution in [0.4, 0.5) is 5.82 Å². The zero-order valence-corrected chi connectivity index (χ0v) is 12.3. The Labute approximate surface area is 126 Å². The molecular weight excluding hydrogens is 290 g/mol. The maximum Gasteiger partial charge on any atom is 0.313 e. The summed E-state index contributed by atoms with van der Waals surface area (Å²) in [6.07, 6.45) is 1.60. The molecule has 2 aromatic rings. The lowest BCUT2D eigenvalue weighted by Gasteiger charge is -2.07. The van der Waals surface area contributed by atoms with Crippen molar-refractivity contribution in [2.24, 2.45) is 0 Å². The minimum atomic E-state index is -0.919. The summed E-state index contributed by atoms with van der Waals surface area (Å²) in [4.78, 5) is 18.8. The fourth-order valence-electron chi connectivity index (χ4n) is 1.69. The van der Waals surface area contributed by atoms with Crippen molar-refractivity contribution in [3.63, 3.8) is 0 Å². The molecule has 0 atom stereocenters. The molecule has 0 bridgehead atoms. The summed E-state index contributed by atoms with van der Waals surface area (Å²) in [5.74, 6) is 0.0937. The van der Waals surface area contributed by atoms with Gasteiger partial charge in [0.05, 0.1) is 12.4 Å². The molecule has 1 aromatic carbocycles. The first-order chi connectivity index (χ1) is 10.1. The highest BCUT2D eigenvalue weighted by molar-refractivity contribution is 7.99. The number of rotatable bonds is 6. The van der Waals surface area contributed by atoms with Gasteiger partial charge in [-0.1, -0.05) is 23.9 Å². The van der Waals surface area contributed by atoms with E-state index in [1.807, 2.05) is 31.2 Å². The first-order valence-electron chi connectivity index (χ1n) is 6.30. The number of nitrogens with two attached hydrogens (primary N) is 1. The fraction of sp³-hybridized carbons (Fsp3) is 0.214. The van der Waals surface area contributed by atoms with Gasteiger partial charge in [0.25, 0.3) is 0 Å². The number of carbonyl (C=O) groups is 1. The summed E-state index contributed by atoms with van der Waals surface area (Å²) >= 11 is 1.03. The summed E-state index contributed by atoms with van der Waals surface area (Å²) in [7, 11) is 0. The molecule has 3 N–H and O–H groups in total. The number of ether oxygens (including phenoxy) is 1. The number of benzene rings is 1. The zero-order chi connectivity index (χ0) is 15.2. The van der Waals surface area contributed by atoms with E-state index in [-0.39, 0.29) is 5.75 Å². The minimum absolute atomic E-state index is 0.0954. The van der Waals surface area contributed by atoms with Crippen LogP contribution in [0.2, 0.25) is 0 Å². The summed E-state index contributed by atoms with van der Waals surface area (Å²) in [6.45, 7) is 2.54. The van der Waals surface area contributed by atoms with Gasteiger partial charge in [0.1, 0.15) is 11.6 Å². The van der Waals surface area contributed by atoms with Crippen molar-refractivity contribution in [1.82, 2.24) is 9.97 Å². The van der Waals surface area contributed by atoms with Crippen molar-refractivity contribution in [3.8, 4) is 16.9 Å². The number of aromatic nitrogens is 2. The Bertz CT molecular complexity index is 632. The van der Waals surface area contributed by atoms with Gasteiger partial charge in [-0.15, -0.1) is 0 Å². The number of nitrogen functional groups attached to an aromatic ring is 1. The highest BCUT2D eigenvalue weighted by atomic mass is 32.2. The van der Waals surface area contributed by atoms with Crippen LogP contribution in [0.15, 0.2) is 35.6 Å². The molecule has 0 aliphatic rings. The molecule has 0 aliphatic carbocycles. The van der Waals surface area contributed by atoms with E-state index >= 15 is 0 Å². The summed E-state index contributed by atoms with van der Waals surface area (Å²) in [6, 6.07) is 7.46. The first kappa shape index (κ1) is 15.1. The van der Waals surface area contributed by atoms with Crippen LogP contribution in [0.3, 0.4) is 0 Å². The third kappa shape index (κ3) is 4.09. The highest BCUT2D eigenvalue weighted by Gasteiger charge is 2.08. The van der Waals surface area contributed by atoms with Crippen LogP contribution >= 0.6 is 11.8 Å². The number of nitrogens with zero attached hydrogens (tertiary/aromatic N) is 2. The monoisotopic (exact) mass is 305 g/mol. The SMILES string of the molecule is CCOc1ccc(-c2cnc(SCC(=O)O)nc2N)cc1. The quantitative estimate of drug-likeness (QED) is 0.624. The van der Waals surface area contributed by atoms with Crippen molar-refractivity contribution in [2.75, 3.05) is 18.1 Å². The standard InChI is InChI=1S/C14H15N3O3S/c1-2-20-10-5-3-9(4-6-10)11-7-16-14(17-13(11)15)21-8-12(18)19/h3-7H,2,8H2,1H3,(H,18,19)(H2,15,16,17). The van der Waals surface area contributed by atoms with Crippen LogP contribution in [-0.2, 0) is 4.79 Å². The van der Waals surface area contributed by atoms with Gasteiger partial charge in [-0.05, 0) is 24.6 Å². The van der Waals surface area contributed by atoms with Crippen LogP contribution in [0.25, 0.3) is 11.1 Å². The summed E-state index contributed by atoms with van der Waals surface area (Å²) in [5.41, 5.74) is 7.50. The van der Waals surface area contributed by atoms with Crippen molar-refractivity contribution >= 4 is 23.5 Å². The lowest BCUT2D eigenvalue weighted by atomic mass is 10.1. The molecule has 0 aliphatic heterocycles. The molecule has 1 heterocycles. The molecule has 0 radical (unpaired) electrons. The molecule has 21 heavy (non-hydrogen) atoms. The Morgan fingerprint density at radius 1 is 1.38 bits per heavy atom. The lowest BCUT2D eigenvalue weighted by molar-refractivity contribution is -0.133. The van der Waals surface area contributed by atoms with Crippen LogP contribution < -0.4 is 10.5 Å². The van der Waals surface area contributed by atoms with Gasteiger partial charge in [-0.25, -0.2) is 9.97 Å². The number of thioether (sulfide) groups is 1. The smallest absolute Gasteiger partial charge is 0.313 e. The van der Waals surface area contributed by atoms with Crippen molar-refractivity contribution in [2.45, 2.75) is 12.1 Å². The van der Waals surface area contributed by atoms with E-state index in [0.29, 0.717) is 23.1 Å². The van der Waals surface area contributed by atoms with E-state index < -0.39 is 5.97 Å². The van der Waals surface area contributed by atoms with Crippen molar-refractivity contribution in [3.05, 3.63) is 30.5 Å². The highest BCUT2D eigenvalue weighted by Crippen LogP contribution is 2.27. The third-order valence-corrected chi connectivity index (χ3v) is 3.44. The van der Waals surface area contributed by atoms with Gasteiger partial charge < -0.3 is 15.6 Å². The molecule has 0 fully saturated rings. The van der Waals surface area contributed by atoms with Gasteiger partial charge >= 0.3 is 5.97 Å². The molecule has 0 spiro atoms. The number of aliphatic carboxylic acids is 1. The Morgan fingerprint density at radius 2 is 2.10 bits per heavy atom. The molecule has 1 aromatic heterocycles. The number of carboxylic acids is 1. The van der Waals surface area contributed by atoms with Gasteiger partial charge in [0.2, 0.25) is 0 Å². The molecule has 0 unspecified atom stereocenters. The molecular formula is C14H15N3O3S. The van der Waals surface area contributed by atoms with E-state index in [0.717, 1.165) is 23.1 Å². The Balaban J connectivity index is 2.18. The Morgan fingerprint density at radius 3 is 2.67 bits per heavy atom. The number of hydrogen-bond donors (Lipinski definition) is 2. The molecule has 2 rings (SSSR count). The Kier molecular flexibility index (Phi) is 4.99. The average Bonchev–Trinajstić information content (AvgIpc) is 2.47. The van der Waals surface area contributed by atoms with Gasteiger partial charge in [0.15, 0.2) is 5.16 Å². The molecule has 7 heteroatoms. The van der Waals surface area contributed by atoms with Gasteiger partial charge in [0, 0.05) is 11.8 Å². The Hall–Kier alpha value is -2.28. The topological polar surface area (TPSA) is 98.3 Å². The van der Waals surface area contributed by atoms with E-state index in [1.54, 1.807) is 6.20 Å². The molecule has 110 valence electrons. The predicted octanol–water partition coefficient (Wildman–Crippen LogP) is 2.30. The minimum Gasteiger partial charge on any atom is -0.494 e. The van der Waals surface area contributed by atoms with Gasteiger partial charge in [-0.3, -0.25) is 4.79 Å². The lowest BCUT2D eigenvalue weighted by Crippen LogP contribution is -2.02. The molecule has 0 amide bonds. The van der Waals surface area contributed by atoms with E-state index in [1.165, 1.54) is 0 Å². The number of hydrogen-bond acceptors (Lipinski definition) is 6. The zero-order valence-electron chi connectivity index (χ0n) is 11.4. The number of anilines is 1. The molecule has 6 nitrogen and oxygen atoms in total. The third-order valence-electron chi connectivity index (χ3n) is 2.60. The van der Waals surface area contributed by atoms with Crippen LogP contribution in [0, 0.1) is 0 Å². The largest absolute Gasteiger partial charge is 0.494 e. The fourth-order valence-corrected chi connectivity index (χ4v) is 2.24. The maximum absolute atomic E-state index is 10.5. The summed E-state index contributed by atoms with van der Waals surface area (Å²) in [5, 5.41) is 8.98. The second-order valence-electron chi connectivity index (χ2n) is 4.09. The average molecular weight is 305 g/mol.